The summed E-state index contributed by atoms with van der Waals surface area (Å²) in [6, 6.07) is 0. The topological polar surface area (TPSA) is 630 Å². The summed E-state index contributed by atoms with van der Waals surface area (Å²) in [6.07, 6.45) is 0. The molecule has 0 unspecified atom stereocenters. The van der Waals surface area contributed by atoms with Crippen molar-refractivity contribution in [1.82, 2.24) is 0 Å². The Balaban J connectivity index is 0. The molecule has 0 aliphatic heterocycles. The summed E-state index contributed by atoms with van der Waals surface area (Å²) in [7, 11) is 0. The number of hydrogen-bond donors (Lipinski definition) is 0. The van der Waals surface area contributed by atoms with E-state index >= 15 is 0 Å². The average Bonchev–Trinajstić information content (AvgIpc) is 0. The Kier molecular flexibility index (Phi) is 443000. The number of rotatable bonds is 0. The maximum absolute atomic E-state index is 0. The minimum atomic E-state index is 0. The van der Waals surface area contributed by atoms with Crippen LogP contribution in [0.2, 0.25) is 0 Å². The van der Waals surface area contributed by atoms with Gasteiger partial charge in [-0.05, 0) is 0 Å². The molecule has 25 heteroatoms. The third-order valence-corrected chi connectivity index (χ3v) is 0. The first-order valence-corrected chi connectivity index (χ1v) is 0. The van der Waals surface area contributed by atoms with E-state index in [2.05, 4.69) is 0 Å². The molecule has 0 aliphatic rings. The van der Waals surface area contributed by atoms with E-state index in [0.717, 1.165) is 0 Å². The van der Waals surface area contributed by atoms with E-state index in [9.17, 15) is 0 Å². The predicted octanol–water partition coefficient (Wildman–Crippen LogP) is -16.5. The zero-order valence-corrected chi connectivity index (χ0v) is 28.4. The average molecular weight is 687 g/mol. The van der Waals surface area contributed by atoms with Crippen LogP contribution in [0.15, 0.2) is 0 Å². The summed E-state index contributed by atoms with van der Waals surface area (Å²) in [5, 5.41) is 0. The second-order valence-electron chi connectivity index (χ2n) is 0. The summed E-state index contributed by atoms with van der Waals surface area (Å²) in [4.78, 5) is 0. The molecule has 0 saturated carbocycles. The van der Waals surface area contributed by atoms with Crippen LogP contribution in [0.3, 0.4) is 0 Å². The summed E-state index contributed by atoms with van der Waals surface area (Å²) < 4.78 is 0. The molecule has 0 aromatic heterocycles. The molecule has 0 aromatic rings. The van der Waals surface area contributed by atoms with Crippen molar-refractivity contribution in [3.05, 3.63) is 0 Å². The summed E-state index contributed by atoms with van der Waals surface area (Å²) in [6.45, 7) is 0. The second kappa shape index (κ2) is 3140. The Morgan fingerprint density at radius 2 is 0.0800 bits per heavy atom. The zero-order chi connectivity index (χ0) is 0. The van der Waals surface area contributed by atoms with Crippen LogP contribution in [0.1, 0.15) is 0 Å². The zero-order valence-electron chi connectivity index (χ0n) is 13.5. The Labute approximate surface area is 205 Å². The molecule has 0 aliphatic carbocycles. The van der Waals surface area contributed by atoms with E-state index in [1.165, 1.54) is 0 Å². The molecule has 0 rings (SSSR count). The van der Waals surface area contributed by atoms with Gasteiger partial charge in [0.1, 0.15) is 0 Å². The fourth-order valence-electron chi connectivity index (χ4n) is 0. The second-order valence-corrected chi connectivity index (χ2v) is 0. The quantitative estimate of drug-likeness (QED) is 0.214. The standard InChI is InChI=1S/20H2O.5Zn/h20*1H2;;;;;. The van der Waals surface area contributed by atoms with E-state index in [1.54, 1.807) is 0 Å². The molecule has 25 heavy (non-hydrogen) atoms. The SMILES string of the molecule is O.O.O.O.O.O.O.O.O.O.O.O.O.O.O.O.O.O.O.O.[Zn].[Zn].[Zn].[Zn].[Zn]. The predicted molar refractivity (Wildman–Crippen MR) is 72.3 cm³/mol. The first-order chi connectivity index (χ1) is 0. The molecular formula is H40O20Zn5. The molecule has 0 radical (unpaired) electrons. The molecule has 170 valence electrons. The van der Waals surface area contributed by atoms with Crippen molar-refractivity contribution in [2.24, 2.45) is 0 Å². The van der Waals surface area contributed by atoms with Gasteiger partial charge in [-0.1, -0.05) is 0 Å². The van der Waals surface area contributed by atoms with Gasteiger partial charge in [-0.15, -0.1) is 0 Å². The van der Waals surface area contributed by atoms with Crippen LogP contribution in [0, 0.1) is 0 Å². The Morgan fingerprint density at radius 3 is 0.0800 bits per heavy atom. The normalized spacial score (nSPS) is 0. The fourth-order valence-corrected chi connectivity index (χ4v) is 0. The maximum atomic E-state index is 0. The third-order valence-electron chi connectivity index (χ3n) is 0. The maximum Gasteiger partial charge on any atom is 0 e. The van der Waals surface area contributed by atoms with Crippen LogP contribution >= 0.6 is 0 Å². The van der Waals surface area contributed by atoms with Crippen molar-refractivity contribution in [1.29, 1.82) is 0 Å². The van der Waals surface area contributed by atoms with E-state index in [1.807, 2.05) is 0 Å². The van der Waals surface area contributed by atoms with Crippen LogP contribution in [-0.2, 0) is 97.4 Å². The van der Waals surface area contributed by atoms with Crippen molar-refractivity contribution in [3.63, 3.8) is 0 Å². The summed E-state index contributed by atoms with van der Waals surface area (Å²) in [5.41, 5.74) is 0. The van der Waals surface area contributed by atoms with Gasteiger partial charge in [0.15, 0.2) is 0 Å². The minimum Gasteiger partial charge on any atom is -0.412 e. The molecule has 0 bridgehead atoms. The minimum absolute atomic E-state index is 0. The largest absolute Gasteiger partial charge is 0.412 e. The van der Waals surface area contributed by atoms with Crippen LogP contribution in [0.5, 0.6) is 0 Å². The van der Waals surface area contributed by atoms with Crippen molar-refractivity contribution < 1.29 is 207 Å². The summed E-state index contributed by atoms with van der Waals surface area (Å²) >= 11 is 0. The van der Waals surface area contributed by atoms with Gasteiger partial charge in [-0.25, -0.2) is 0 Å². The van der Waals surface area contributed by atoms with Gasteiger partial charge < -0.3 is 110 Å². The molecule has 0 saturated heterocycles. The van der Waals surface area contributed by atoms with Crippen LogP contribution in [-0.4, -0.2) is 110 Å². The van der Waals surface area contributed by atoms with Gasteiger partial charge in [0, 0.05) is 97.4 Å². The molecule has 40 N–H and O–H groups in total. The van der Waals surface area contributed by atoms with Crippen molar-refractivity contribution >= 4 is 0 Å². The van der Waals surface area contributed by atoms with Crippen molar-refractivity contribution in [2.75, 3.05) is 0 Å². The van der Waals surface area contributed by atoms with Gasteiger partial charge in [-0.3, -0.25) is 0 Å². The monoisotopic (exact) mass is 680 g/mol. The first-order valence-electron chi connectivity index (χ1n) is 0. The van der Waals surface area contributed by atoms with Gasteiger partial charge in [0.2, 0.25) is 0 Å². The van der Waals surface area contributed by atoms with E-state index in [0.29, 0.717) is 0 Å². The van der Waals surface area contributed by atoms with E-state index in [-0.39, 0.29) is 207 Å². The molecule has 0 amide bonds. The van der Waals surface area contributed by atoms with Gasteiger partial charge >= 0.3 is 0 Å². The van der Waals surface area contributed by atoms with Crippen LogP contribution < -0.4 is 0 Å². The molecule has 0 spiro atoms. The molecule has 20 nitrogen and oxygen atoms in total. The van der Waals surface area contributed by atoms with Crippen LogP contribution in [0.25, 0.3) is 0 Å². The first kappa shape index (κ1) is 3520. The Morgan fingerprint density at radius 1 is 0.0800 bits per heavy atom. The molecular weight excluding hydrogens is 647 g/mol. The molecule has 0 heterocycles. The van der Waals surface area contributed by atoms with Crippen molar-refractivity contribution in [3.8, 4) is 0 Å². The number of hydrogen-bond acceptors (Lipinski definition) is 0. The van der Waals surface area contributed by atoms with E-state index < -0.39 is 0 Å². The Hall–Kier alpha value is 2.32. The molecule has 0 atom stereocenters. The van der Waals surface area contributed by atoms with Gasteiger partial charge in [0.25, 0.3) is 0 Å². The third kappa shape index (κ3) is 2900. The smallest absolute Gasteiger partial charge is 0 e. The molecule has 0 fully saturated rings. The van der Waals surface area contributed by atoms with Gasteiger partial charge in [0.05, 0.1) is 0 Å². The Bertz CT molecular complexity index is 18.0. The summed E-state index contributed by atoms with van der Waals surface area (Å²) in [5.74, 6) is 0. The van der Waals surface area contributed by atoms with Gasteiger partial charge in [-0.2, -0.15) is 0 Å². The van der Waals surface area contributed by atoms with Crippen LogP contribution in [0.4, 0.5) is 0 Å². The van der Waals surface area contributed by atoms with E-state index in [4.69, 9.17) is 0 Å². The fraction of sp³-hybridized carbons (Fsp3) is 0. The molecule has 0 aromatic carbocycles. The van der Waals surface area contributed by atoms with Crippen molar-refractivity contribution in [2.45, 2.75) is 0 Å².